The molecule has 3 aromatic carbocycles. The first-order valence-corrected chi connectivity index (χ1v) is 13.1. The van der Waals surface area contributed by atoms with Crippen LogP contribution in [0, 0.1) is 6.92 Å². The standard InChI is InChI=1S/C28H28BrClN2O4/c1-3-35-21-10-12-22(17(2)14-21)27(33)23-11-9-19(16-24(23)30)31-25-13-8-18(29)15-26(25)32-28(34)36-20-6-4-5-7-20/h8-16,20,31H,3-7H2,1-2H3,(H,32,34). The van der Waals surface area contributed by atoms with Crippen molar-refractivity contribution in [2.24, 2.45) is 0 Å². The second-order valence-electron chi connectivity index (χ2n) is 8.69. The van der Waals surface area contributed by atoms with E-state index in [4.69, 9.17) is 21.1 Å². The van der Waals surface area contributed by atoms with E-state index >= 15 is 0 Å². The Hall–Kier alpha value is -3.03. The molecule has 1 aliphatic rings. The fourth-order valence-corrected chi connectivity index (χ4v) is 4.88. The van der Waals surface area contributed by atoms with Crippen LogP contribution in [0.2, 0.25) is 5.02 Å². The first kappa shape index (κ1) is 26.0. The summed E-state index contributed by atoms with van der Waals surface area (Å²) >= 11 is 9.99. The molecule has 0 saturated heterocycles. The summed E-state index contributed by atoms with van der Waals surface area (Å²) in [7, 11) is 0. The van der Waals surface area contributed by atoms with Crippen LogP contribution in [-0.2, 0) is 4.74 Å². The van der Waals surface area contributed by atoms with Crippen molar-refractivity contribution in [3.05, 3.63) is 80.8 Å². The minimum absolute atomic E-state index is 0.0311. The molecule has 4 rings (SSSR count). The van der Waals surface area contributed by atoms with Gasteiger partial charge in [0.1, 0.15) is 11.9 Å². The second-order valence-corrected chi connectivity index (χ2v) is 10.0. The van der Waals surface area contributed by atoms with E-state index in [1.807, 2.05) is 32.0 Å². The summed E-state index contributed by atoms with van der Waals surface area (Å²) in [5, 5.41) is 6.43. The van der Waals surface area contributed by atoms with Gasteiger partial charge in [-0.1, -0.05) is 27.5 Å². The highest BCUT2D eigenvalue weighted by atomic mass is 79.9. The highest BCUT2D eigenvalue weighted by Crippen LogP contribution is 2.32. The van der Waals surface area contributed by atoms with Crippen LogP contribution in [0.1, 0.15) is 54.1 Å². The van der Waals surface area contributed by atoms with Crippen LogP contribution in [0.4, 0.5) is 21.9 Å². The van der Waals surface area contributed by atoms with Crippen LogP contribution in [0.5, 0.6) is 5.75 Å². The maximum Gasteiger partial charge on any atom is 0.411 e. The number of rotatable bonds is 8. The summed E-state index contributed by atoms with van der Waals surface area (Å²) < 4.78 is 11.9. The number of aryl methyl sites for hydroxylation is 1. The number of carbonyl (C=O) groups excluding carboxylic acids is 2. The van der Waals surface area contributed by atoms with E-state index in [1.54, 1.807) is 36.4 Å². The molecule has 36 heavy (non-hydrogen) atoms. The van der Waals surface area contributed by atoms with Gasteiger partial charge in [0.2, 0.25) is 0 Å². The average Bonchev–Trinajstić information content (AvgIpc) is 3.34. The summed E-state index contributed by atoms with van der Waals surface area (Å²) in [6.45, 7) is 4.35. The van der Waals surface area contributed by atoms with E-state index in [0.717, 1.165) is 41.5 Å². The van der Waals surface area contributed by atoms with E-state index < -0.39 is 6.09 Å². The zero-order chi connectivity index (χ0) is 25.7. The maximum absolute atomic E-state index is 13.2. The molecule has 0 aliphatic heterocycles. The third kappa shape index (κ3) is 6.39. The molecule has 0 bridgehead atoms. The molecule has 1 saturated carbocycles. The van der Waals surface area contributed by atoms with E-state index in [9.17, 15) is 9.59 Å². The van der Waals surface area contributed by atoms with Crippen molar-refractivity contribution in [1.82, 2.24) is 0 Å². The Bertz CT molecular complexity index is 1270. The first-order chi connectivity index (χ1) is 17.3. The zero-order valence-electron chi connectivity index (χ0n) is 20.2. The lowest BCUT2D eigenvalue weighted by atomic mass is 9.98. The SMILES string of the molecule is CCOc1ccc(C(=O)c2ccc(Nc3ccc(Br)cc3NC(=O)OC3CCCC3)cc2Cl)c(C)c1. The first-order valence-electron chi connectivity index (χ1n) is 12.0. The van der Waals surface area contributed by atoms with Gasteiger partial charge in [0, 0.05) is 21.3 Å². The number of hydrogen-bond acceptors (Lipinski definition) is 5. The van der Waals surface area contributed by atoms with Gasteiger partial charge in [0.15, 0.2) is 5.78 Å². The molecule has 0 spiro atoms. The molecule has 6 nitrogen and oxygen atoms in total. The topological polar surface area (TPSA) is 76.7 Å². The van der Waals surface area contributed by atoms with Crippen molar-refractivity contribution in [2.45, 2.75) is 45.6 Å². The van der Waals surface area contributed by atoms with E-state index in [2.05, 4.69) is 26.6 Å². The summed E-state index contributed by atoms with van der Waals surface area (Å²) in [6.07, 6.45) is 3.45. The molecule has 0 heterocycles. The van der Waals surface area contributed by atoms with Crippen LogP contribution >= 0.6 is 27.5 Å². The van der Waals surface area contributed by atoms with Crippen molar-refractivity contribution >= 4 is 56.5 Å². The van der Waals surface area contributed by atoms with Crippen LogP contribution in [0.15, 0.2) is 59.1 Å². The zero-order valence-corrected chi connectivity index (χ0v) is 22.5. The lowest BCUT2D eigenvalue weighted by Crippen LogP contribution is -2.20. The predicted molar refractivity (Wildman–Crippen MR) is 147 cm³/mol. The molecule has 1 aliphatic carbocycles. The van der Waals surface area contributed by atoms with Crippen molar-refractivity contribution in [2.75, 3.05) is 17.2 Å². The molecule has 1 fully saturated rings. The molecule has 8 heteroatoms. The molecule has 0 aromatic heterocycles. The van der Waals surface area contributed by atoms with Crippen molar-refractivity contribution in [1.29, 1.82) is 0 Å². The fraction of sp³-hybridized carbons (Fsp3) is 0.286. The smallest absolute Gasteiger partial charge is 0.411 e. The molecule has 2 N–H and O–H groups in total. The predicted octanol–water partition coefficient (Wildman–Crippen LogP) is 8.28. The average molecular weight is 572 g/mol. The normalized spacial score (nSPS) is 13.3. The number of carbonyl (C=O) groups is 2. The van der Waals surface area contributed by atoms with Gasteiger partial charge in [-0.15, -0.1) is 0 Å². The van der Waals surface area contributed by atoms with Crippen LogP contribution < -0.4 is 15.4 Å². The fourth-order valence-electron chi connectivity index (χ4n) is 4.25. The Morgan fingerprint density at radius 3 is 2.44 bits per heavy atom. The highest BCUT2D eigenvalue weighted by molar-refractivity contribution is 9.10. The molecule has 0 atom stereocenters. The van der Waals surface area contributed by atoms with E-state index in [0.29, 0.717) is 39.8 Å². The second kappa shape index (κ2) is 11.8. The van der Waals surface area contributed by atoms with Gasteiger partial charge in [-0.05, 0) is 99.7 Å². The molecule has 3 aromatic rings. The Labute approximate surface area is 224 Å². The number of benzene rings is 3. The molecule has 188 valence electrons. The van der Waals surface area contributed by atoms with Gasteiger partial charge >= 0.3 is 6.09 Å². The molecule has 0 radical (unpaired) electrons. The Balaban J connectivity index is 1.50. The third-order valence-electron chi connectivity index (χ3n) is 6.04. The molecule has 1 amide bonds. The van der Waals surface area contributed by atoms with Gasteiger partial charge < -0.3 is 14.8 Å². The van der Waals surface area contributed by atoms with Gasteiger partial charge in [-0.25, -0.2) is 4.79 Å². The number of nitrogens with one attached hydrogen (secondary N) is 2. The number of halogens is 2. The van der Waals surface area contributed by atoms with Gasteiger partial charge in [-0.2, -0.15) is 0 Å². The van der Waals surface area contributed by atoms with E-state index in [-0.39, 0.29) is 11.9 Å². The number of amides is 1. The largest absolute Gasteiger partial charge is 0.494 e. The quantitative estimate of drug-likeness (QED) is 0.266. The van der Waals surface area contributed by atoms with Gasteiger partial charge in [0.25, 0.3) is 0 Å². The van der Waals surface area contributed by atoms with Crippen molar-refractivity contribution < 1.29 is 19.1 Å². The molecular formula is C28H28BrClN2O4. The Kier molecular flexibility index (Phi) is 8.54. The monoisotopic (exact) mass is 570 g/mol. The summed E-state index contributed by atoms with van der Waals surface area (Å²) in [5.74, 6) is 0.566. The lowest BCUT2D eigenvalue weighted by Gasteiger charge is -2.16. The molecule has 0 unspecified atom stereocenters. The highest BCUT2D eigenvalue weighted by Gasteiger charge is 2.20. The lowest BCUT2D eigenvalue weighted by molar-refractivity contribution is 0.103. The van der Waals surface area contributed by atoms with E-state index in [1.165, 1.54) is 0 Å². The number of hydrogen-bond donors (Lipinski definition) is 2. The summed E-state index contributed by atoms with van der Waals surface area (Å²) in [4.78, 5) is 25.6. The number of anilines is 3. The Morgan fingerprint density at radius 2 is 1.75 bits per heavy atom. The van der Waals surface area contributed by atoms with Crippen LogP contribution in [-0.4, -0.2) is 24.6 Å². The number of ether oxygens (including phenoxy) is 2. The minimum atomic E-state index is -0.479. The van der Waals surface area contributed by atoms with Crippen LogP contribution in [0.3, 0.4) is 0 Å². The Morgan fingerprint density at radius 1 is 1.00 bits per heavy atom. The van der Waals surface area contributed by atoms with Crippen LogP contribution in [0.25, 0.3) is 0 Å². The van der Waals surface area contributed by atoms with Gasteiger partial charge in [-0.3, -0.25) is 10.1 Å². The molecular weight excluding hydrogens is 544 g/mol. The van der Waals surface area contributed by atoms with Crippen molar-refractivity contribution in [3.8, 4) is 5.75 Å². The minimum Gasteiger partial charge on any atom is -0.494 e. The number of ketones is 1. The maximum atomic E-state index is 13.2. The third-order valence-corrected chi connectivity index (χ3v) is 6.85. The van der Waals surface area contributed by atoms with Crippen molar-refractivity contribution in [3.63, 3.8) is 0 Å². The summed E-state index contributed by atoms with van der Waals surface area (Å²) in [6, 6.07) is 16.1. The van der Waals surface area contributed by atoms with Gasteiger partial charge in [0.05, 0.1) is 23.0 Å². The summed E-state index contributed by atoms with van der Waals surface area (Å²) in [5.41, 5.74) is 3.70.